The number of hydrogen-bond donors (Lipinski definition) is 1. The van der Waals surface area contributed by atoms with E-state index in [0.717, 1.165) is 0 Å². The molecule has 1 amide bonds. The van der Waals surface area contributed by atoms with Gasteiger partial charge in [-0.05, 0) is 0 Å². The highest BCUT2D eigenvalue weighted by Gasteiger charge is 2.14. The van der Waals surface area contributed by atoms with Gasteiger partial charge in [0, 0.05) is 6.07 Å². The van der Waals surface area contributed by atoms with E-state index >= 15 is 0 Å². The van der Waals surface area contributed by atoms with Crippen molar-refractivity contribution in [1.29, 1.82) is 0 Å². The van der Waals surface area contributed by atoms with E-state index in [1.54, 1.807) is 0 Å². The summed E-state index contributed by atoms with van der Waals surface area (Å²) in [6, 6.07) is 1.46. The molecule has 0 aromatic carbocycles. The van der Waals surface area contributed by atoms with Gasteiger partial charge in [-0.2, -0.15) is 0 Å². The van der Waals surface area contributed by atoms with Crippen molar-refractivity contribution >= 4 is 18.1 Å². The van der Waals surface area contributed by atoms with Crippen LogP contribution in [0, 0.1) is 0 Å². The van der Waals surface area contributed by atoms with Crippen LogP contribution in [0.5, 0.6) is 0 Å². The molecule has 0 atom stereocenters. The Hall–Kier alpha value is -1.78. The number of ether oxygens (including phenoxy) is 1. The van der Waals surface area contributed by atoms with Gasteiger partial charge in [0.25, 0.3) is 0 Å². The maximum Gasteiger partial charge on any atom is 0.376 e. The molecule has 0 fully saturated rings. The van der Waals surface area contributed by atoms with E-state index in [-0.39, 0.29) is 5.76 Å². The largest absolute Gasteiger partial charge is 0.463 e. The molecule has 1 aromatic rings. The van der Waals surface area contributed by atoms with Crippen molar-refractivity contribution in [2.24, 2.45) is 0 Å². The van der Waals surface area contributed by atoms with Crippen molar-refractivity contribution in [3.63, 3.8) is 0 Å². The lowest BCUT2D eigenvalue weighted by Gasteiger charge is -1.97. The highest BCUT2D eigenvalue weighted by Crippen LogP contribution is 2.16. The van der Waals surface area contributed by atoms with Gasteiger partial charge in [0.05, 0.1) is 19.1 Å². The predicted octanol–water partition coefficient (Wildman–Crippen LogP) is 0.634. The number of methoxy groups -OCH3 is 1. The summed E-state index contributed by atoms with van der Waals surface area (Å²) in [7, 11) is 1.23. The van der Waals surface area contributed by atoms with E-state index in [4.69, 9.17) is 4.42 Å². The first-order valence-corrected chi connectivity index (χ1v) is 3.15. The van der Waals surface area contributed by atoms with Crippen LogP contribution in [-0.4, -0.2) is 19.5 Å². The second-order valence-electron chi connectivity index (χ2n) is 1.92. The molecule has 0 aliphatic carbocycles. The number of furan rings is 1. The maximum absolute atomic E-state index is 10.9. The third kappa shape index (κ3) is 1.45. The summed E-state index contributed by atoms with van der Waals surface area (Å²) in [5.74, 6) is -0.631. The van der Waals surface area contributed by atoms with E-state index in [2.05, 4.69) is 10.1 Å². The second-order valence-corrected chi connectivity index (χ2v) is 1.92. The number of esters is 1. The Morgan fingerprint density at radius 1 is 1.75 bits per heavy atom. The number of carbonyl (C=O) groups is 2. The summed E-state index contributed by atoms with van der Waals surface area (Å²) in [6.45, 7) is 0. The topological polar surface area (TPSA) is 68.5 Å². The van der Waals surface area contributed by atoms with Gasteiger partial charge in [-0.1, -0.05) is 0 Å². The minimum absolute atomic E-state index is 0.00963. The minimum atomic E-state index is -0.621. The van der Waals surface area contributed by atoms with Gasteiger partial charge in [-0.3, -0.25) is 4.79 Å². The first-order chi connectivity index (χ1) is 5.79. The number of anilines is 1. The van der Waals surface area contributed by atoms with Gasteiger partial charge < -0.3 is 14.5 Å². The first-order valence-electron chi connectivity index (χ1n) is 3.15. The highest BCUT2D eigenvalue weighted by molar-refractivity contribution is 5.94. The van der Waals surface area contributed by atoms with Crippen molar-refractivity contribution in [2.75, 3.05) is 12.4 Å². The van der Waals surface area contributed by atoms with E-state index < -0.39 is 5.97 Å². The number of carbonyl (C=O) groups excluding carboxylic acids is 2. The molecule has 0 saturated heterocycles. The molecule has 0 aliphatic rings. The van der Waals surface area contributed by atoms with Gasteiger partial charge in [-0.25, -0.2) is 4.79 Å². The SMILES string of the molecule is COC(=O)c1occc1NC=O. The molecule has 5 heteroatoms. The van der Waals surface area contributed by atoms with Crippen LogP contribution in [0.15, 0.2) is 16.7 Å². The Morgan fingerprint density at radius 2 is 2.50 bits per heavy atom. The molecular formula is C7H7NO4. The number of nitrogens with one attached hydrogen (secondary N) is 1. The van der Waals surface area contributed by atoms with Gasteiger partial charge in [-0.15, -0.1) is 0 Å². The average Bonchev–Trinajstić information content (AvgIpc) is 2.52. The molecule has 0 bridgehead atoms. The zero-order chi connectivity index (χ0) is 8.97. The molecule has 0 saturated carbocycles. The standard InChI is InChI=1S/C7H7NO4/c1-11-7(10)6-5(8-4-9)2-3-12-6/h2-4H,1H3,(H,8,9). The van der Waals surface area contributed by atoms with Crippen LogP contribution in [0.1, 0.15) is 10.6 Å². The molecule has 64 valence electrons. The van der Waals surface area contributed by atoms with E-state index in [0.29, 0.717) is 12.1 Å². The monoisotopic (exact) mass is 169 g/mol. The molecule has 0 aliphatic heterocycles. The lowest BCUT2D eigenvalue weighted by molar-refractivity contribution is -0.105. The molecule has 0 unspecified atom stereocenters. The minimum Gasteiger partial charge on any atom is -0.463 e. The van der Waals surface area contributed by atoms with Crippen LogP contribution in [0.2, 0.25) is 0 Å². The van der Waals surface area contributed by atoms with Crippen molar-refractivity contribution in [3.8, 4) is 0 Å². The molecule has 1 aromatic heterocycles. The smallest absolute Gasteiger partial charge is 0.376 e. The van der Waals surface area contributed by atoms with Crippen LogP contribution < -0.4 is 5.32 Å². The normalized spacial score (nSPS) is 9.08. The fourth-order valence-corrected chi connectivity index (χ4v) is 0.737. The molecule has 1 heterocycles. The average molecular weight is 169 g/mol. The van der Waals surface area contributed by atoms with Crippen LogP contribution in [-0.2, 0) is 9.53 Å². The van der Waals surface area contributed by atoms with Crippen molar-refractivity contribution < 1.29 is 18.7 Å². The molecule has 1 N–H and O–H groups in total. The van der Waals surface area contributed by atoms with E-state index in [1.165, 1.54) is 19.4 Å². The lowest BCUT2D eigenvalue weighted by Crippen LogP contribution is -2.04. The van der Waals surface area contributed by atoms with Crippen LogP contribution in [0.4, 0.5) is 5.69 Å². The van der Waals surface area contributed by atoms with Gasteiger partial charge in [0.2, 0.25) is 12.2 Å². The summed E-state index contributed by atoms with van der Waals surface area (Å²) >= 11 is 0. The summed E-state index contributed by atoms with van der Waals surface area (Å²) in [4.78, 5) is 20.9. The predicted molar refractivity (Wildman–Crippen MR) is 39.7 cm³/mol. The highest BCUT2D eigenvalue weighted by atomic mass is 16.5. The molecule has 5 nitrogen and oxygen atoms in total. The summed E-state index contributed by atoms with van der Waals surface area (Å²) in [6.07, 6.45) is 1.75. The van der Waals surface area contributed by atoms with E-state index in [9.17, 15) is 9.59 Å². The van der Waals surface area contributed by atoms with Crippen LogP contribution >= 0.6 is 0 Å². The second kappa shape index (κ2) is 3.56. The van der Waals surface area contributed by atoms with Crippen LogP contribution in [0.3, 0.4) is 0 Å². The Balaban J connectivity index is 2.90. The number of amides is 1. The summed E-state index contributed by atoms with van der Waals surface area (Å²) < 4.78 is 9.17. The third-order valence-electron chi connectivity index (χ3n) is 1.25. The fraction of sp³-hybridized carbons (Fsp3) is 0.143. The molecule has 1 rings (SSSR count). The number of hydrogen-bond acceptors (Lipinski definition) is 4. The molecule has 0 radical (unpaired) electrons. The van der Waals surface area contributed by atoms with Crippen LogP contribution in [0.25, 0.3) is 0 Å². The maximum atomic E-state index is 10.9. The quantitative estimate of drug-likeness (QED) is 0.532. The Bertz CT molecular complexity index is 291. The Kier molecular flexibility index (Phi) is 2.47. The Labute approximate surface area is 68.3 Å². The zero-order valence-corrected chi connectivity index (χ0v) is 6.37. The van der Waals surface area contributed by atoms with Crippen molar-refractivity contribution in [1.82, 2.24) is 0 Å². The van der Waals surface area contributed by atoms with Gasteiger partial charge >= 0.3 is 5.97 Å². The molecule has 12 heavy (non-hydrogen) atoms. The van der Waals surface area contributed by atoms with Gasteiger partial charge in [0.1, 0.15) is 0 Å². The Morgan fingerprint density at radius 3 is 3.08 bits per heavy atom. The number of rotatable bonds is 3. The molecule has 0 spiro atoms. The molecular weight excluding hydrogens is 162 g/mol. The van der Waals surface area contributed by atoms with E-state index in [1.807, 2.05) is 0 Å². The summed E-state index contributed by atoms with van der Waals surface area (Å²) in [5.41, 5.74) is 0.303. The first kappa shape index (κ1) is 8.32. The summed E-state index contributed by atoms with van der Waals surface area (Å²) in [5, 5.41) is 2.30. The fourth-order valence-electron chi connectivity index (χ4n) is 0.737. The van der Waals surface area contributed by atoms with Gasteiger partial charge in [0.15, 0.2) is 0 Å². The van der Waals surface area contributed by atoms with Crippen molar-refractivity contribution in [2.45, 2.75) is 0 Å². The zero-order valence-electron chi connectivity index (χ0n) is 6.37. The third-order valence-corrected chi connectivity index (χ3v) is 1.25. The lowest BCUT2D eigenvalue weighted by atomic mass is 10.4. The van der Waals surface area contributed by atoms with Crippen molar-refractivity contribution in [3.05, 3.63) is 18.1 Å².